The molecule has 0 saturated carbocycles. The fourth-order valence-corrected chi connectivity index (χ4v) is 2.10. The monoisotopic (exact) mass is 274 g/mol. The summed E-state index contributed by atoms with van der Waals surface area (Å²) in [4.78, 5) is 0. The Kier molecular flexibility index (Phi) is 4.51. The summed E-state index contributed by atoms with van der Waals surface area (Å²) in [6, 6.07) is 11.1. The Labute approximate surface area is 117 Å². The summed E-state index contributed by atoms with van der Waals surface area (Å²) in [7, 11) is 1.42. The van der Waals surface area contributed by atoms with E-state index in [0.717, 1.165) is 17.6 Å². The summed E-state index contributed by atoms with van der Waals surface area (Å²) in [5.74, 6) is -0.536. The van der Waals surface area contributed by atoms with E-state index in [1.165, 1.54) is 25.3 Å². The van der Waals surface area contributed by atoms with Gasteiger partial charge in [0.2, 0.25) is 0 Å². The van der Waals surface area contributed by atoms with Crippen molar-refractivity contribution in [2.24, 2.45) is 0 Å². The Bertz CT molecular complexity index is 633. The van der Waals surface area contributed by atoms with Crippen LogP contribution in [-0.2, 0) is 0 Å². The number of hydrogen-bond acceptors (Lipinski definition) is 1. The molecule has 0 fully saturated rings. The number of hydrogen-bond donors (Lipinski definition) is 0. The maximum Gasteiger partial charge on any atom is 0.165 e. The molecule has 0 amide bonds. The average molecular weight is 274 g/mol. The van der Waals surface area contributed by atoms with Gasteiger partial charge in [0.1, 0.15) is 5.82 Å². The molecule has 2 aromatic carbocycles. The van der Waals surface area contributed by atoms with Gasteiger partial charge in [-0.15, -0.1) is 0 Å². The lowest BCUT2D eigenvalue weighted by molar-refractivity contribution is 0.386. The van der Waals surface area contributed by atoms with Crippen LogP contribution in [0.25, 0.3) is 5.57 Å². The van der Waals surface area contributed by atoms with Crippen molar-refractivity contribution in [3.8, 4) is 5.75 Å². The van der Waals surface area contributed by atoms with Crippen LogP contribution in [0.15, 0.2) is 48.5 Å². The van der Waals surface area contributed by atoms with Crippen LogP contribution < -0.4 is 4.74 Å². The Morgan fingerprint density at radius 1 is 1.10 bits per heavy atom. The number of halogens is 2. The third kappa shape index (κ3) is 3.05. The van der Waals surface area contributed by atoms with Crippen molar-refractivity contribution in [2.45, 2.75) is 13.3 Å². The molecule has 2 rings (SSSR count). The fourth-order valence-electron chi connectivity index (χ4n) is 2.10. The summed E-state index contributed by atoms with van der Waals surface area (Å²) < 4.78 is 32.1. The van der Waals surface area contributed by atoms with Crippen molar-refractivity contribution >= 4 is 5.57 Å². The fraction of sp³-hybridized carbons (Fsp3) is 0.176. The molecule has 0 aliphatic rings. The topological polar surface area (TPSA) is 9.23 Å². The largest absolute Gasteiger partial charge is 0.494 e. The second-order valence-electron chi connectivity index (χ2n) is 4.39. The van der Waals surface area contributed by atoms with Gasteiger partial charge in [-0.1, -0.05) is 31.2 Å². The Hall–Kier alpha value is -2.16. The normalized spacial score (nSPS) is 11.5. The number of benzene rings is 2. The maximum absolute atomic E-state index is 13.8. The molecule has 20 heavy (non-hydrogen) atoms. The highest BCUT2D eigenvalue weighted by atomic mass is 19.1. The van der Waals surface area contributed by atoms with Crippen LogP contribution >= 0.6 is 0 Å². The maximum atomic E-state index is 13.8. The zero-order chi connectivity index (χ0) is 14.5. The zero-order valence-electron chi connectivity index (χ0n) is 11.5. The van der Waals surface area contributed by atoms with Crippen LogP contribution in [0.1, 0.15) is 24.5 Å². The molecule has 0 aliphatic carbocycles. The SMILES string of the molecule is CC/C=C(/c1cccc(F)c1)c1ccc(OC)c(F)c1. The molecule has 0 unspecified atom stereocenters. The third-order valence-corrected chi connectivity index (χ3v) is 3.01. The number of ether oxygens (including phenoxy) is 1. The van der Waals surface area contributed by atoms with Crippen LogP contribution in [0.2, 0.25) is 0 Å². The van der Waals surface area contributed by atoms with Gasteiger partial charge in [-0.25, -0.2) is 8.78 Å². The second-order valence-corrected chi connectivity index (χ2v) is 4.39. The molecule has 0 heterocycles. The Morgan fingerprint density at radius 3 is 2.45 bits per heavy atom. The Balaban J connectivity index is 2.49. The summed E-state index contributed by atoms with van der Waals surface area (Å²) in [6.07, 6.45) is 2.73. The minimum atomic E-state index is -0.427. The molecule has 0 aromatic heterocycles. The highest BCUT2D eigenvalue weighted by Crippen LogP contribution is 2.28. The average Bonchev–Trinajstić information content (AvgIpc) is 2.44. The standard InChI is InChI=1S/C17H16F2O/c1-3-5-15(12-6-4-7-14(18)10-12)13-8-9-17(20-2)16(19)11-13/h4-11H,3H2,1-2H3/b15-5-. The first-order valence-electron chi connectivity index (χ1n) is 6.45. The van der Waals surface area contributed by atoms with E-state index in [1.807, 2.05) is 19.1 Å². The van der Waals surface area contributed by atoms with Crippen molar-refractivity contribution in [3.63, 3.8) is 0 Å². The van der Waals surface area contributed by atoms with Gasteiger partial charge in [-0.05, 0) is 47.4 Å². The summed E-state index contributed by atoms with van der Waals surface area (Å²) in [5.41, 5.74) is 2.25. The molecule has 3 heteroatoms. The molecule has 104 valence electrons. The van der Waals surface area contributed by atoms with Crippen LogP contribution in [0.4, 0.5) is 8.78 Å². The third-order valence-electron chi connectivity index (χ3n) is 3.01. The van der Waals surface area contributed by atoms with E-state index in [4.69, 9.17) is 4.74 Å². The van der Waals surface area contributed by atoms with Crippen LogP contribution in [0, 0.1) is 11.6 Å². The predicted octanol–water partition coefficient (Wildman–Crippen LogP) is 4.82. The van der Waals surface area contributed by atoms with Gasteiger partial charge in [-0.3, -0.25) is 0 Å². The smallest absolute Gasteiger partial charge is 0.165 e. The van der Waals surface area contributed by atoms with Gasteiger partial charge < -0.3 is 4.74 Å². The molecule has 0 radical (unpaired) electrons. The van der Waals surface area contributed by atoms with Crippen LogP contribution in [0.3, 0.4) is 0 Å². The molecule has 0 spiro atoms. The lowest BCUT2D eigenvalue weighted by Crippen LogP contribution is -1.93. The lowest BCUT2D eigenvalue weighted by atomic mass is 9.96. The molecular weight excluding hydrogens is 258 g/mol. The van der Waals surface area contributed by atoms with E-state index >= 15 is 0 Å². The first-order chi connectivity index (χ1) is 9.65. The molecule has 0 aliphatic heterocycles. The molecule has 1 nitrogen and oxygen atoms in total. The van der Waals surface area contributed by atoms with E-state index < -0.39 is 5.82 Å². The lowest BCUT2D eigenvalue weighted by Gasteiger charge is -2.10. The second kappa shape index (κ2) is 6.33. The van der Waals surface area contributed by atoms with Crippen molar-refractivity contribution in [2.75, 3.05) is 7.11 Å². The van der Waals surface area contributed by atoms with Crippen molar-refractivity contribution in [3.05, 3.63) is 71.3 Å². The van der Waals surface area contributed by atoms with E-state index in [1.54, 1.807) is 18.2 Å². The highest BCUT2D eigenvalue weighted by molar-refractivity contribution is 5.80. The first-order valence-corrected chi connectivity index (χ1v) is 6.45. The van der Waals surface area contributed by atoms with E-state index in [9.17, 15) is 8.78 Å². The van der Waals surface area contributed by atoms with Gasteiger partial charge in [0, 0.05) is 0 Å². The molecule has 2 aromatic rings. The Morgan fingerprint density at radius 2 is 1.85 bits per heavy atom. The van der Waals surface area contributed by atoms with Crippen molar-refractivity contribution in [1.82, 2.24) is 0 Å². The number of rotatable bonds is 4. The van der Waals surface area contributed by atoms with Gasteiger partial charge in [-0.2, -0.15) is 0 Å². The van der Waals surface area contributed by atoms with E-state index in [0.29, 0.717) is 5.56 Å². The van der Waals surface area contributed by atoms with E-state index in [2.05, 4.69) is 0 Å². The molecule has 0 atom stereocenters. The van der Waals surface area contributed by atoms with E-state index in [-0.39, 0.29) is 11.6 Å². The number of methoxy groups -OCH3 is 1. The summed E-state index contributed by atoms with van der Waals surface area (Å²) in [5, 5.41) is 0. The van der Waals surface area contributed by atoms with Gasteiger partial charge >= 0.3 is 0 Å². The highest BCUT2D eigenvalue weighted by Gasteiger charge is 2.09. The van der Waals surface area contributed by atoms with Gasteiger partial charge in [0.25, 0.3) is 0 Å². The first kappa shape index (κ1) is 14.3. The minimum Gasteiger partial charge on any atom is -0.494 e. The quantitative estimate of drug-likeness (QED) is 0.777. The summed E-state index contributed by atoms with van der Waals surface area (Å²) >= 11 is 0. The number of allylic oxidation sites excluding steroid dienone is 1. The molecular formula is C17H16F2O. The van der Waals surface area contributed by atoms with Crippen LogP contribution in [-0.4, -0.2) is 7.11 Å². The van der Waals surface area contributed by atoms with Crippen molar-refractivity contribution < 1.29 is 13.5 Å². The van der Waals surface area contributed by atoms with Gasteiger partial charge in [0.15, 0.2) is 11.6 Å². The summed E-state index contributed by atoms with van der Waals surface area (Å²) in [6.45, 7) is 1.99. The molecule has 0 saturated heterocycles. The zero-order valence-corrected chi connectivity index (χ0v) is 11.5. The van der Waals surface area contributed by atoms with Gasteiger partial charge in [0.05, 0.1) is 7.11 Å². The molecule has 0 bridgehead atoms. The molecule has 0 N–H and O–H groups in total. The van der Waals surface area contributed by atoms with Crippen LogP contribution in [0.5, 0.6) is 5.75 Å². The van der Waals surface area contributed by atoms with Crippen molar-refractivity contribution in [1.29, 1.82) is 0 Å². The predicted molar refractivity (Wildman–Crippen MR) is 76.7 cm³/mol. The minimum absolute atomic E-state index is 0.198.